The van der Waals surface area contributed by atoms with Crippen molar-refractivity contribution in [3.8, 4) is 0 Å². The van der Waals surface area contributed by atoms with E-state index in [1.54, 1.807) is 19.0 Å². The smallest absolute Gasteiger partial charge is 0.243 e. The van der Waals surface area contributed by atoms with Crippen molar-refractivity contribution in [3.05, 3.63) is 0 Å². The Balaban J connectivity index is 1.48. The first-order valence-corrected chi connectivity index (χ1v) is 11.1. The normalized spacial score (nSPS) is 25.1. The Morgan fingerprint density at radius 2 is 1.82 bits per heavy atom. The first-order valence-electron chi connectivity index (χ1n) is 11.1. The van der Waals surface area contributed by atoms with Crippen LogP contribution in [0.3, 0.4) is 0 Å². The SMILES string of the molecule is CN(C)C(=O)CN=C(NC1CCCC1)N1CCC(OCC2CCCCO2)CC1. The van der Waals surface area contributed by atoms with Gasteiger partial charge in [-0.15, -0.1) is 0 Å². The standard InChI is InChI=1S/C21H38N4O3/c1-24(2)20(26)15-22-21(23-17-7-3-4-8-17)25-12-10-18(11-13-25)28-16-19-9-5-6-14-27-19/h17-19H,3-16H2,1-2H3,(H,22,23). The Morgan fingerprint density at radius 3 is 2.46 bits per heavy atom. The Bertz CT molecular complexity index is 506. The van der Waals surface area contributed by atoms with E-state index in [0.29, 0.717) is 12.1 Å². The lowest BCUT2D eigenvalue weighted by Gasteiger charge is -2.36. The molecule has 7 nitrogen and oxygen atoms in total. The number of ether oxygens (including phenoxy) is 2. The van der Waals surface area contributed by atoms with Gasteiger partial charge in [-0.25, -0.2) is 4.99 Å². The topological polar surface area (TPSA) is 66.4 Å². The fraction of sp³-hybridized carbons (Fsp3) is 0.905. The monoisotopic (exact) mass is 394 g/mol. The van der Waals surface area contributed by atoms with Gasteiger partial charge in [0.05, 0.1) is 18.8 Å². The van der Waals surface area contributed by atoms with Crippen LogP contribution >= 0.6 is 0 Å². The minimum atomic E-state index is 0.0384. The molecule has 1 unspecified atom stereocenters. The summed E-state index contributed by atoms with van der Waals surface area (Å²) in [4.78, 5) is 20.6. The van der Waals surface area contributed by atoms with Crippen molar-refractivity contribution < 1.29 is 14.3 Å². The van der Waals surface area contributed by atoms with Gasteiger partial charge in [0.15, 0.2) is 5.96 Å². The highest BCUT2D eigenvalue weighted by molar-refractivity contribution is 5.85. The van der Waals surface area contributed by atoms with Crippen molar-refractivity contribution >= 4 is 11.9 Å². The number of hydrogen-bond acceptors (Lipinski definition) is 4. The molecule has 2 aliphatic heterocycles. The molecule has 3 rings (SSSR count). The maximum Gasteiger partial charge on any atom is 0.243 e. The summed E-state index contributed by atoms with van der Waals surface area (Å²) in [5.41, 5.74) is 0. The number of likely N-dealkylation sites (N-methyl/N-ethyl adjacent to an activating group) is 1. The van der Waals surface area contributed by atoms with Crippen LogP contribution < -0.4 is 5.32 Å². The molecule has 1 atom stereocenters. The average Bonchev–Trinajstić information content (AvgIpc) is 3.23. The van der Waals surface area contributed by atoms with E-state index in [4.69, 9.17) is 9.47 Å². The molecule has 7 heteroatoms. The molecule has 160 valence electrons. The third-order valence-corrected chi connectivity index (χ3v) is 6.08. The van der Waals surface area contributed by atoms with E-state index in [1.807, 2.05) is 0 Å². The van der Waals surface area contributed by atoms with Crippen LogP contribution in [-0.4, -0.2) is 86.9 Å². The van der Waals surface area contributed by atoms with Gasteiger partial charge in [0, 0.05) is 39.8 Å². The first kappa shape index (κ1) is 21.4. The Hall–Kier alpha value is -1.34. The molecule has 0 aromatic rings. The molecule has 1 aliphatic carbocycles. The number of guanidine groups is 1. The van der Waals surface area contributed by atoms with Crippen molar-refractivity contribution in [2.45, 2.75) is 76.0 Å². The summed E-state index contributed by atoms with van der Waals surface area (Å²) in [7, 11) is 3.56. The number of piperidine rings is 1. The number of carbonyl (C=O) groups excluding carboxylic acids is 1. The van der Waals surface area contributed by atoms with Crippen molar-refractivity contribution in [2.75, 3.05) is 46.9 Å². The molecule has 2 saturated heterocycles. The summed E-state index contributed by atoms with van der Waals surface area (Å²) >= 11 is 0. The third kappa shape index (κ3) is 6.62. The molecular formula is C21H38N4O3. The van der Waals surface area contributed by atoms with Gasteiger partial charge >= 0.3 is 0 Å². The molecule has 2 heterocycles. The predicted molar refractivity (Wildman–Crippen MR) is 111 cm³/mol. The van der Waals surface area contributed by atoms with Crippen LogP contribution in [0.25, 0.3) is 0 Å². The number of aliphatic imine (C=N–C) groups is 1. The summed E-state index contributed by atoms with van der Waals surface area (Å²) < 4.78 is 11.9. The van der Waals surface area contributed by atoms with Gasteiger partial charge in [-0.1, -0.05) is 12.8 Å². The fourth-order valence-corrected chi connectivity index (χ4v) is 4.19. The van der Waals surface area contributed by atoms with Crippen LogP contribution in [0.5, 0.6) is 0 Å². The lowest BCUT2D eigenvalue weighted by Crippen LogP contribution is -2.50. The van der Waals surface area contributed by atoms with Crippen LogP contribution in [0.1, 0.15) is 57.8 Å². The van der Waals surface area contributed by atoms with Gasteiger partial charge in [-0.2, -0.15) is 0 Å². The molecule has 0 aromatic carbocycles. The number of carbonyl (C=O) groups is 1. The Kier molecular flexibility index (Phi) is 8.40. The van der Waals surface area contributed by atoms with E-state index in [-0.39, 0.29) is 18.6 Å². The number of amides is 1. The third-order valence-electron chi connectivity index (χ3n) is 6.08. The van der Waals surface area contributed by atoms with Gasteiger partial charge in [0.2, 0.25) is 5.91 Å². The van der Waals surface area contributed by atoms with Crippen molar-refractivity contribution in [2.24, 2.45) is 4.99 Å². The maximum atomic E-state index is 12.0. The molecular weight excluding hydrogens is 356 g/mol. The number of hydrogen-bond donors (Lipinski definition) is 1. The zero-order chi connectivity index (χ0) is 19.8. The lowest BCUT2D eigenvalue weighted by atomic mass is 10.1. The second-order valence-corrected chi connectivity index (χ2v) is 8.56. The molecule has 0 radical (unpaired) electrons. The average molecular weight is 395 g/mol. The first-order chi connectivity index (χ1) is 13.6. The maximum absolute atomic E-state index is 12.0. The van der Waals surface area contributed by atoms with Gasteiger partial charge in [-0.05, 0) is 44.9 Å². The molecule has 1 N–H and O–H groups in total. The molecule has 1 amide bonds. The van der Waals surface area contributed by atoms with E-state index in [9.17, 15) is 4.79 Å². The van der Waals surface area contributed by atoms with Crippen LogP contribution in [0.15, 0.2) is 4.99 Å². The molecule has 0 aromatic heterocycles. The summed E-state index contributed by atoms with van der Waals surface area (Å²) in [6, 6.07) is 0.491. The molecule has 3 aliphatic rings. The molecule has 0 spiro atoms. The second kappa shape index (κ2) is 11.0. The molecule has 1 saturated carbocycles. The zero-order valence-electron chi connectivity index (χ0n) is 17.7. The quantitative estimate of drug-likeness (QED) is 0.551. The van der Waals surface area contributed by atoms with Gasteiger partial charge in [-0.3, -0.25) is 4.79 Å². The summed E-state index contributed by atoms with van der Waals surface area (Å²) in [5, 5.41) is 3.62. The van der Waals surface area contributed by atoms with Crippen LogP contribution in [0.2, 0.25) is 0 Å². The highest BCUT2D eigenvalue weighted by atomic mass is 16.5. The highest BCUT2D eigenvalue weighted by Crippen LogP contribution is 2.20. The summed E-state index contributed by atoms with van der Waals surface area (Å²) in [5.74, 6) is 0.938. The summed E-state index contributed by atoms with van der Waals surface area (Å²) in [6.07, 6.45) is 11.1. The molecule has 28 heavy (non-hydrogen) atoms. The van der Waals surface area contributed by atoms with E-state index >= 15 is 0 Å². The number of nitrogens with zero attached hydrogens (tertiary/aromatic N) is 3. The second-order valence-electron chi connectivity index (χ2n) is 8.56. The minimum Gasteiger partial charge on any atom is -0.376 e. The largest absolute Gasteiger partial charge is 0.376 e. The van der Waals surface area contributed by atoms with E-state index in [1.165, 1.54) is 38.5 Å². The van der Waals surface area contributed by atoms with Crippen LogP contribution in [0.4, 0.5) is 0 Å². The van der Waals surface area contributed by atoms with Crippen molar-refractivity contribution in [1.82, 2.24) is 15.1 Å². The highest BCUT2D eigenvalue weighted by Gasteiger charge is 2.26. The van der Waals surface area contributed by atoms with E-state index in [0.717, 1.165) is 51.5 Å². The Morgan fingerprint density at radius 1 is 1.11 bits per heavy atom. The zero-order valence-corrected chi connectivity index (χ0v) is 17.7. The van der Waals surface area contributed by atoms with E-state index in [2.05, 4.69) is 15.2 Å². The predicted octanol–water partition coefficient (Wildman–Crippen LogP) is 2.01. The number of rotatable bonds is 6. The van der Waals surface area contributed by atoms with Gasteiger partial charge in [0.25, 0.3) is 0 Å². The van der Waals surface area contributed by atoms with Crippen LogP contribution in [0, 0.1) is 0 Å². The Labute approximate surface area is 169 Å². The number of nitrogens with one attached hydrogen (secondary N) is 1. The fourth-order valence-electron chi connectivity index (χ4n) is 4.19. The van der Waals surface area contributed by atoms with Crippen molar-refractivity contribution in [3.63, 3.8) is 0 Å². The minimum absolute atomic E-state index is 0.0384. The lowest BCUT2D eigenvalue weighted by molar-refractivity contribution is -0.127. The molecule has 3 fully saturated rings. The molecule has 0 bridgehead atoms. The van der Waals surface area contributed by atoms with Crippen molar-refractivity contribution in [1.29, 1.82) is 0 Å². The van der Waals surface area contributed by atoms with E-state index < -0.39 is 0 Å². The van der Waals surface area contributed by atoms with Gasteiger partial charge < -0.3 is 24.6 Å². The summed E-state index contributed by atoms with van der Waals surface area (Å²) in [6.45, 7) is 3.65. The van der Waals surface area contributed by atoms with Crippen LogP contribution in [-0.2, 0) is 14.3 Å². The number of likely N-dealkylation sites (tertiary alicyclic amines) is 1. The van der Waals surface area contributed by atoms with Gasteiger partial charge in [0.1, 0.15) is 6.54 Å².